The molecule has 1 heterocycles. The Balaban J connectivity index is 1.62. The number of hydrogen-bond donors (Lipinski definition) is 1. The number of rotatable bonds is 4. The third-order valence-corrected chi connectivity index (χ3v) is 5.70. The Morgan fingerprint density at radius 2 is 2.00 bits per heavy atom. The summed E-state index contributed by atoms with van der Waals surface area (Å²) < 4.78 is 13.2. The fraction of sp³-hybridized carbons (Fsp3) is 0.632. The molecule has 1 atom stereocenters. The number of aliphatic imine (C=N–C) groups is 1. The zero-order valence-electron chi connectivity index (χ0n) is 15.1. The van der Waals surface area contributed by atoms with Crippen LogP contribution in [-0.2, 0) is 0 Å². The summed E-state index contributed by atoms with van der Waals surface area (Å²) in [5, 5.41) is 3.53. The van der Waals surface area contributed by atoms with Gasteiger partial charge < -0.3 is 15.1 Å². The average Bonchev–Trinajstić information content (AvgIpc) is 2.98. The van der Waals surface area contributed by atoms with Crippen LogP contribution in [0.4, 0.5) is 4.39 Å². The van der Waals surface area contributed by atoms with E-state index in [0.717, 1.165) is 31.2 Å². The molecule has 0 radical (unpaired) electrons. The van der Waals surface area contributed by atoms with Gasteiger partial charge in [-0.3, -0.25) is 4.99 Å². The van der Waals surface area contributed by atoms with E-state index in [1.165, 1.54) is 37.8 Å². The van der Waals surface area contributed by atoms with Crippen molar-refractivity contribution in [3.63, 3.8) is 0 Å². The molecule has 0 aromatic heterocycles. The van der Waals surface area contributed by atoms with E-state index in [2.05, 4.69) is 34.2 Å². The molecule has 1 aliphatic carbocycles. The van der Waals surface area contributed by atoms with E-state index in [1.807, 2.05) is 19.2 Å². The van der Waals surface area contributed by atoms with Crippen LogP contribution in [0.3, 0.4) is 0 Å². The van der Waals surface area contributed by atoms with Crippen LogP contribution < -0.4 is 5.32 Å². The van der Waals surface area contributed by atoms with Crippen LogP contribution in [0, 0.1) is 11.2 Å². The van der Waals surface area contributed by atoms with Gasteiger partial charge in [0.1, 0.15) is 5.82 Å². The lowest BCUT2D eigenvalue weighted by Crippen LogP contribution is -2.45. The van der Waals surface area contributed by atoms with Crippen LogP contribution in [0.1, 0.15) is 37.3 Å². The Kier molecular flexibility index (Phi) is 5.09. The first kappa shape index (κ1) is 17.2. The first-order chi connectivity index (χ1) is 11.5. The van der Waals surface area contributed by atoms with Crippen LogP contribution in [0.25, 0.3) is 0 Å². The number of likely N-dealkylation sites (N-methyl/N-ethyl adjacent to an activating group) is 1. The van der Waals surface area contributed by atoms with Gasteiger partial charge in [0.2, 0.25) is 0 Å². The van der Waals surface area contributed by atoms with Gasteiger partial charge in [0.25, 0.3) is 0 Å². The predicted molar refractivity (Wildman–Crippen MR) is 96.7 cm³/mol. The van der Waals surface area contributed by atoms with Gasteiger partial charge in [-0.25, -0.2) is 4.39 Å². The van der Waals surface area contributed by atoms with E-state index in [9.17, 15) is 4.39 Å². The molecule has 1 saturated heterocycles. The third-order valence-electron chi connectivity index (χ3n) is 5.70. The van der Waals surface area contributed by atoms with Crippen molar-refractivity contribution in [2.24, 2.45) is 10.4 Å². The highest BCUT2D eigenvalue weighted by Gasteiger charge is 2.43. The Bertz CT molecular complexity index is 578. The lowest BCUT2D eigenvalue weighted by atomic mass is 9.68. The normalized spacial score (nSPS) is 21.2. The molecule has 2 aliphatic rings. The first-order valence-electron chi connectivity index (χ1n) is 8.90. The molecule has 3 rings (SSSR count). The van der Waals surface area contributed by atoms with Gasteiger partial charge in [-0.15, -0.1) is 0 Å². The van der Waals surface area contributed by atoms with Crippen molar-refractivity contribution in [2.45, 2.75) is 31.7 Å². The number of nitrogens with zero attached hydrogens (tertiary/aromatic N) is 3. The fourth-order valence-electron chi connectivity index (χ4n) is 4.00. The summed E-state index contributed by atoms with van der Waals surface area (Å²) in [6.45, 7) is 2.99. The SMILES string of the molecule is CN=C(NCC(c1ccc(F)cc1)N(C)C)N1CCC2(CCC2)C1. The largest absolute Gasteiger partial charge is 0.354 e. The van der Waals surface area contributed by atoms with Crippen molar-refractivity contribution in [3.05, 3.63) is 35.6 Å². The van der Waals surface area contributed by atoms with E-state index < -0.39 is 0 Å². The molecule has 1 saturated carbocycles. The summed E-state index contributed by atoms with van der Waals surface area (Å²) in [5.74, 6) is 0.802. The maximum absolute atomic E-state index is 13.2. The molecule has 24 heavy (non-hydrogen) atoms. The van der Waals surface area contributed by atoms with Gasteiger partial charge >= 0.3 is 0 Å². The molecular weight excluding hydrogens is 303 g/mol. The summed E-state index contributed by atoms with van der Waals surface area (Å²) in [6.07, 6.45) is 5.42. The molecule has 1 N–H and O–H groups in total. The Hall–Kier alpha value is -1.62. The van der Waals surface area contributed by atoms with Crippen LogP contribution in [-0.4, -0.2) is 56.5 Å². The summed E-state index contributed by atoms with van der Waals surface area (Å²) >= 11 is 0. The van der Waals surface area contributed by atoms with Crippen molar-refractivity contribution in [1.29, 1.82) is 0 Å². The van der Waals surface area contributed by atoms with Gasteiger partial charge in [0, 0.05) is 26.7 Å². The van der Waals surface area contributed by atoms with Crippen molar-refractivity contribution < 1.29 is 4.39 Å². The number of nitrogens with one attached hydrogen (secondary N) is 1. The molecule has 132 valence electrons. The van der Waals surface area contributed by atoms with Crippen LogP contribution in [0.2, 0.25) is 0 Å². The van der Waals surface area contributed by atoms with E-state index in [0.29, 0.717) is 5.41 Å². The standard InChI is InChI=1S/C19H29FN4/c1-21-18(24-12-11-19(14-24)9-4-10-19)22-13-17(23(2)3)15-5-7-16(20)8-6-15/h5-8,17H,4,9-14H2,1-3H3,(H,21,22). The lowest BCUT2D eigenvalue weighted by Gasteiger charge is -2.38. The Labute approximate surface area is 144 Å². The van der Waals surface area contributed by atoms with Gasteiger partial charge in [0.15, 0.2) is 5.96 Å². The van der Waals surface area contributed by atoms with E-state index in [-0.39, 0.29) is 11.9 Å². The monoisotopic (exact) mass is 332 g/mol. The van der Waals surface area contributed by atoms with Crippen molar-refractivity contribution in [2.75, 3.05) is 40.8 Å². The molecule has 2 fully saturated rings. The maximum Gasteiger partial charge on any atom is 0.193 e. The number of benzene rings is 1. The van der Waals surface area contributed by atoms with Crippen molar-refractivity contribution in [1.82, 2.24) is 15.1 Å². The number of halogens is 1. The summed E-state index contributed by atoms with van der Waals surface area (Å²) in [6, 6.07) is 6.97. The molecule has 0 bridgehead atoms. The minimum atomic E-state index is -0.192. The molecule has 1 unspecified atom stereocenters. The molecule has 1 spiro atoms. The minimum absolute atomic E-state index is 0.183. The fourth-order valence-corrected chi connectivity index (χ4v) is 4.00. The van der Waals surface area contributed by atoms with Crippen LogP contribution in [0.5, 0.6) is 0 Å². The highest BCUT2D eigenvalue weighted by molar-refractivity contribution is 5.80. The summed E-state index contributed by atoms with van der Waals surface area (Å²) in [4.78, 5) is 9.04. The van der Waals surface area contributed by atoms with Gasteiger partial charge in [-0.05, 0) is 56.5 Å². The van der Waals surface area contributed by atoms with Gasteiger partial charge in [-0.1, -0.05) is 18.6 Å². The van der Waals surface area contributed by atoms with Gasteiger partial charge in [-0.2, -0.15) is 0 Å². The summed E-state index contributed by atoms with van der Waals surface area (Å²) in [7, 11) is 5.96. The highest BCUT2D eigenvalue weighted by atomic mass is 19.1. The second-order valence-corrected chi connectivity index (χ2v) is 7.48. The minimum Gasteiger partial charge on any atom is -0.354 e. The van der Waals surface area contributed by atoms with Crippen LogP contribution in [0.15, 0.2) is 29.3 Å². The number of guanidine groups is 1. The van der Waals surface area contributed by atoms with Gasteiger partial charge in [0.05, 0.1) is 6.04 Å². The zero-order valence-corrected chi connectivity index (χ0v) is 15.1. The first-order valence-corrected chi connectivity index (χ1v) is 8.90. The van der Waals surface area contributed by atoms with Crippen molar-refractivity contribution >= 4 is 5.96 Å². The van der Waals surface area contributed by atoms with E-state index >= 15 is 0 Å². The Morgan fingerprint density at radius 3 is 2.50 bits per heavy atom. The molecule has 5 heteroatoms. The lowest BCUT2D eigenvalue weighted by molar-refractivity contribution is 0.151. The molecule has 1 aromatic carbocycles. The predicted octanol–water partition coefficient (Wildman–Crippen LogP) is 2.88. The molecule has 4 nitrogen and oxygen atoms in total. The Morgan fingerprint density at radius 1 is 1.29 bits per heavy atom. The smallest absolute Gasteiger partial charge is 0.193 e. The topological polar surface area (TPSA) is 30.9 Å². The quantitative estimate of drug-likeness (QED) is 0.679. The van der Waals surface area contributed by atoms with E-state index in [4.69, 9.17) is 0 Å². The highest BCUT2D eigenvalue weighted by Crippen LogP contribution is 2.47. The molecule has 0 amide bonds. The average molecular weight is 332 g/mol. The van der Waals surface area contributed by atoms with Crippen molar-refractivity contribution in [3.8, 4) is 0 Å². The van der Waals surface area contributed by atoms with E-state index in [1.54, 1.807) is 0 Å². The van der Waals surface area contributed by atoms with Crippen LogP contribution >= 0.6 is 0 Å². The summed E-state index contributed by atoms with van der Waals surface area (Å²) in [5.41, 5.74) is 1.68. The number of likely N-dealkylation sites (tertiary alicyclic amines) is 1. The second-order valence-electron chi connectivity index (χ2n) is 7.48. The zero-order chi connectivity index (χ0) is 17.2. The molecule has 1 aliphatic heterocycles. The molecule has 1 aromatic rings. The number of hydrogen-bond acceptors (Lipinski definition) is 2. The second kappa shape index (κ2) is 7.09. The molecular formula is C19H29FN4. The third kappa shape index (κ3) is 3.56. The maximum atomic E-state index is 13.2.